The molecule has 24 heavy (non-hydrogen) atoms. The van der Waals surface area contributed by atoms with Crippen molar-refractivity contribution < 1.29 is 9.59 Å². The zero-order chi connectivity index (χ0) is 17.3. The number of hydrogen-bond acceptors (Lipinski definition) is 2. The van der Waals surface area contributed by atoms with Crippen LogP contribution in [0.5, 0.6) is 0 Å². The maximum absolute atomic E-state index is 12.5. The minimum Gasteiger partial charge on any atom is -0.358 e. The highest BCUT2D eigenvalue weighted by molar-refractivity contribution is 5.87. The van der Waals surface area contributed by atoms with Gasteiger partial charge in [0.05, 0.1) is 0 Å². The molecule has 5 heteroatoms. The Morgan fingerprint density at radius 1 is 1.21 bits per heavy atom. The molecule has 1 aliphatic rings. The first-order valence-corrected chi connectivity index (χ1v) is 8.51. The summed E-state index contributed by atoms with van der Waals surface area (Å²) in [7, 11) is 0. The van der Waals surface area contributed by atoms with Gasteiger partial charge >= 0.3 is 0 Å². The van der Waals surface area contributed by atoms with Crippen LogP contribution < -0.4 is 5.32 Å². The Morgan fingerprint density at radius 2 is 1.96 bits per heavy atom. The minimum atomic E-state index is -0.260. The lowest BCUT2D eigenvalue weighted by Crippen LogP contribution is -2.41. The molecule has 0 atom stereocenters. The Balaban J connectivity index is 1.63. The number of benzene rings is 1. The van der Waals surface area contributed by atoms with Gasteiger partial charge in [0.2, 0.25) is 11.8 Å². The molecule has 1 aliphatic heterocycles. The Labute approximate surface area is 142 Å². The van der Waals surface area contributed by atoms with Gasteiger partial charge in [0, 0.05) is 60.1 Å². The smallest absolute Gasteiger partial charge is 0.223 e. The van der Waals surface area contributed by atoms with Crippen molar-refractivity contribution >= 4 is 22.7 Å². The second-order valence-electron chi connectivity index (χ2n) is 7.49. The van der Waals surface area contributed by atoms with Crippen LogP contribution in [-0.2, 0) is 22.6 Å². The summed E-state index contributed by atoms with van der Waals surface area (Å²) in [6.45, 7) is 7.15. The monoisotopic (exact) mass is 327 g/mol. The lowest BCUT2D eigenvalue weighted by atomic mass is 10.0. The van der Waals surface area contributed by atoms with E-state index in [4.69, 9.17) is 0 Å². The van der Waals surface area contributed by atoms with E-state index < -0.39 is 0 Å². The summed E-state index contributed by atoms with van der Waals surface area (Å²) in [5, 5.41) is 4.09. The zero-order valence-corrected chi connectivity index (χ0v) is 14.6. The van der Waals surface area contributed by atoms with Crippen molar-refractivity contribution in [3.63, 3.8) is 0 Å². The van der Waals surface area contributed by atoms with Crippen LogP contribution in [0.25, 0.3) is 10.9 Å². The molecule has 0 unspecified atom stereocenters. The van der Waals surface area contributed by atoms with E-state index >= 15 is 0 Å². The molecule has 5 nitrogen and oxygen atoms in total. The van der Waals surface area contributed by atoms with Gasteiger partial charge in [-0.15, -0.1) is 0 Å². The number of nitrogens with zero attached hydrogens (tertiary/aromatic N) is 1. The molecular formula is C19H25N3O2. The van der Waals surface area contributed by atoms with Crippen molar-refractivity contribution in [3.05, 3.63) is 35.5 Å². The molecule has 2 heterocycles. The predicted octanol–water partition coefficient (Wildman–Crippen LogP) is 2.75. The topological polar surface area (TPSA) is 65.2 Å². The van der Waals surface area contributed by atoms with Crippen LogP contribution in [-0.4, -0.2) is 33.8 Å². The third-order valence-corrected chi connectivity index (χ3v) is 4.32. The summed E-state index contributed by atoms with van der Waals surface area (Å²) in [5.74, 6) is -0.0179. The van der Waals surface area contributed by atoms with Gasteiger partial charge in [0.15, 0.2) is 0 Å². The molecule has 1 aromatic carbocycles. The van der Waals surface area contributed by atoms with E-state index in [1.807, 2.05) is 37.8 Å². The van der Waals surface area contributed by atoms with Crippen molar-refractivity contribution in [3.8, 4) is 0 Å². The quantitative estimate of drug-likeness (QED) is 0.910. The Morgan fingerprint density at radius 3 is 2.71 bits per heavy atom. The molecule has 128 valence electrons. The molecule has 0 spiro atoms. The Kier molecular flexibility index (Phi) is 4.35. The van der Waals surface area contributed by atoms with E-state index in [1.54, 1.807) is 0 Å². The van der Waals surface area contributed by atoms with Gasteiger partial charge in [0.1, 0.15) is 0 Å². The number of nitrogens with one attached hydrogen (secondary N) is 2. The molecule has 0 aliphatic carbocycles. The van der Waals surface area contributed by atoms with E-state index in [0.29, 0.717) is 13.1 Å². The molecule has 0 fully saturated rings. The highest BCUT2D eigenvalue weighted by atomic mass is 16.2. The highest BCUT2D eigenvalue weighted by Gasteiger charge is 2.24. The molecule has 2 amide bonds. The van der Waals surface area contributed by atoms with Gasteiger partial charge in [-0.1, -0.05) is 18.2 Å². The Hall–Kier alpha value is -2.30. The maximum Gasteiger partial charge on any atom is 0.223 e. The van der Waals surface area contributed by atoms with E-state index in [1.165, 1.54) is 16.6 Å². The number of rotatable bonds is 3. The van der Waals surface area contributed by atoms with Crippen molar-refractivity contribution in [2.75, 3.05) is 6.54 Å². The van der Waals surface area contributed by atoms with Gasteiger partial charge in [-0.2, -0.15) is 0 Å². The summed E-state index contributed by atoms with van der Waals surface area (Å²) in [6.07, 6.45) is 1.34. The van der Waals surface area contributed by atoms with Crippen molar-refractivity contribution in [1.29, 1.82) is 0 Å². The fourth-order valence-electron chi connectivity index (χ4n) is 3.24. The number of aromatic amines is 1. The van der Waals surface area contributed by atoms with Crippen LogP contribution in [0.1, 0.15) is 44.9 Å². The second-order valence-corrected chi connectivity index (χ2v) is 7.49. The number of fused-ring (bicyclic) bond motifs is 3. The van der Waals surface area contributed by atoms with Crippen LogP contribution >= 0.6 is 0 Å². The number of aromatic nitrogens is 1. The number of hydrogen-bond donors (Lipinski definition) is 2. The second kappa shape index (κ2) is 6.30. The summed E-state index contributed by atoms with van der Waals surface area (Å²) in [4.78, 5) is 29.7. The van der Waals surface area contributed by atoms with E-state index in [9.17, 15) is 9.59 Å². The summed E-state index contributed by atoms with van der Waals surface area (Å²) < 4.78 is 0. The standard InChI is InChI=1S/C19H25N3O2/c1-19(2,3)21-17(23)8-9-18(24)22-11-10-16-14(12-22)13-6-4-5-7-15(13)20-16/h4-7,20H,8-12H2,1-3H3,(H,21,23). The molecule has 0 radical (unpaired) electrons. The third kappa shape index (κ3) is 3.61. The number of carbonyl (C=O) groups excluding carboxylic acids is 2. The average molecular weight is 327 g/mol. The summed E-state index contributed by atoms with van der Waals surface area (Å²) in [6, 6.07) is 8.20. The van der Waals surface area contributed by atoms with E-state index in [-0.39, 0.29) is 30.2 Å². The normalized spacial score (nSPS) is 14.5. The number of carbonyl (C=O) groups is 2. The minimum absolute atomic E-state index is 0.0509. The van der Waals surface area contributed by atoms with Crippen molar-refractivity contribution in [2.45, 2.75) is 52.1 Å². The highest BCUT2D eigenvalue weighted by Crippen LogP contribution is 2.27. The summed E-state index contributed by atoms with van der Waals surface area (Å²) >= 11 is 0. The fraction of sp³-hybridized carbons (Fsp3) is 0.474. The molecule has 0 saturated carbocycles. The Bertz CT molecular complexity index is 771. The van der Waals surface area contributed by atoms with Crippen LogP contribution in [0.2, 0.25) is 0 Å². The molecule has 3 rings (SSSR count). The SMILES string of the molecule is CC(C)(C)NC(=O)CCC(=O)N1CCc2[nH]c3ccccc3c2C1. The number of H-pyrrole nitrogens is 1. The first kappa shape index (κ1) is 16.6. The largest absolute Gasteiger partial charge is 0.358 e. The first-order chi connectivity index (χ1) is 11.3. The zero-order valence-electron chi connectivity index (χ0n) is 14.6. The van der Waals surface area contributed by atoms with Gasteiger partial charge in [-0.3, -0.25) is 9.59 Å². The van der Waals surface area contributed by atoms with E-state index in [2.05, 4.69) is 22.4 Å². The summed E-state index contributed by atoms with van der Waals surface area (Å²) in [5.41, 5.74) is 3.31. The number of amides is 2. The van der Waals surface area contributed by atoms with Gasteiger partial charge in [0.25, 0.3) is 0 Å². The average Bonchev–Trinajstić information content (AvgIpc) is 2.88. The molecule has 0 saturated heterocycles. The maximum atomic E-state index is 12.5. The van der Waals surface area contributed by atoms with Gasteiger partial charge in [-0.05, 0) is 26.8 Å². The number of para-hydroxylation sites is 1. The van der Waals surface area contributed by atoms with Crippen LogP contribution in [0.4, 0.5) is 0 Å². The molecule has 0 bridgehead atoms. The van der Waals surface area contributed by atoms with Crippen molar-refractivity contribution in [2.24, 2.45) is 0 Å². The molecule has 2 aromatic rings. The predicted molar refractivity (Wildman–Crippen MR) is 94.5 cm³/mol. The van der Waals surface area contributed by atoms with Crippen LogP contribution in [0.3, 0.4) is 0 Å². The van der Waals surface area contributed by atoms with E-state index in [0.717, 1.165) is 11.9 Å². The lowest BCUT2D eigenvalue weighted by molar-refractivity contribution is -0.134. The molecule has 1 aromatic heterocycles. The molecule has 2 N–H and O–H groups in total. The molecular weight excluding hydrogens is 302 g/mol. The fourth-order valence-corrected chi connectivity index (χ4v) is 3.24. The van der Waals surface area contributed by atoms with Gasteiger partial charge in [-0.25, -0.2) is 0 Å². The van der Waals surface area contributed by atoms with Crippen molar-refractivity contribution in [1.82, 2.24) is 15.2 Å². The third-order valence-electron chi connectivity index (χ3n) is 4.32. The first-order valence-electron chi connectivity index (χ1n) is 8.51. The van der Waals surface area contributed by atoms with Crippen LogP contribution in [0, 0.1) is 0 Å². The van der Waals surface area contributed by atoms with Gasteiger partial charge < -0.3 is 15.2 Å². The lowest BCUT2D eigenvalue weighted by Gasteiger charge is -2.27. The van der Waals surface area contributed by atoms with Crippen LogP contribution in [0.15, 0.2) is 24.3 Å².